The highest BCUT2D eigenvalue weighted by molar-refractivity contribution is 7.10. The van der Waals surface area contributed by atoms with Gasteiger partial charge in [0.15, 0.2) is 0 Å². The third-order valence-corrected chi connectivity index (χ3v) is 4.88. The van der Waals surface area contributed by atoms with Crippen LogP contribution < -0.4 is 15.6 Å². The van der Waals surface area contributed by atoms with Gasteiger partial charge in [-0.1, -0.05) is 12.1 Å². The summed E-state index contributed by atoms with van der Waals surface area (Å²) in [7, 11) is 3.73. The van der Waals surface area contributed by atoms with Crippen LogP contribution in [0.1, 0.15) is 17.4 Å². The van der Waals surface area contributed by atoms with E-state index in [-0.39, 0.29) is 11.7 Å². The number of nitrogens with one attached hydrogen (secondary N) is 1. The first-order valence-corrected chi connectivity index (χ1v) is 8.52. The van der Waals surface area contributed by atoms with Gasteiger partial charge in [0.05, 0.1) is 5.52 Å². The van der Waals surface area contributed by atoms with Crippen LogP contribution in [0, 0.1) is 0 Å². The molecule has 3 aromatic rings. The van der Waals surface area contributed by atoms with E-state index < -0.39 is 0 Å². The van der Waals surface area contributed by atoms with Crippen molar-refractivity contribution in [3.8, 4) is 5.75 Å². The average Bonchev–Trinajstić information content (AvgIpc) is 3.09. The Morgan fingerprint density at radius 3 is 2.83 bits per heavy atom. The molecule has 0 bridgehead atoms. The number of rotatable bonds is 6. The molecule has 1 aromatic carbocycles. The van der Waals surface area contributed by atoms with Gasteiger partial charge in [-0.25, -0.2) is 0 Å². The zero-order valence-electron chi connectivity index (χ0n) is 13.3. The minimum Gasteiger partial charge on any atom is -0.484 e. The van der Waals surface area contributed by atoms with E-state index in [1.54, 1.807) is 29.0 Å². The van der Waals surface area contributed by atoms with Crippen molar-refractivity contribution in [1.82, 2.24) is 9.88 Å². The molecule has 0 spiro atoms. The maximum Gasteiger partial charge on any atom is 0.250 e. The summed E-state index contributed by atoms with van der Waals surface area (Å²) in [5.74, 6) is 0.813. The maximum absolute atomic E-state index is 11.8. The zero-order chi connectivity index (χ0) is 16.2. The standard InChI is InChI=1S/C18H20N2O2S/c1-19-11-10-16(17-7-4-12-23-17)22-15-6-3-5-14-13(15)8-9-18(21)20(14)2/h3-9,12,16,19H,10-11H2,1-2H3. The molecule has 0 aliphatic rings. The monoisotopic (exact) mass is 328 g/mol. The Balaban J connectivity index is 1.98. The molecule has 1 unspecified atom stereocenters. The highest BCUT2D eigenvalue weighted by Crippen LogP contribution is 2.32. The molecular weight excluding hydrogens is 308 g/mol. The normalized spacial score (nSPS) is 12.4. The fourth-order valence-electron chi connectivity index (χ4n) is 2.64. The van der Waals surface area contributed by atoms with Gasteiger partial charge in [0, 0.05) is 29.8 Å². The summed E-state index contributed by atoms with van der Waals surface area (Å²) in [4.78, 5) is 13.0. The van der Waals surface area contributed by atoms with Crippen molar-refractivity contribution in [3.05, 3.63) is 63.1 Å². The van der Waals surface area contributed by atoms with E-state index in [1.807, 2.05) is 37.4 Å². The van der Waals surface area contributed by atoms with E-state index in [9.17, 15) is 4.79 Å². The van der Waals surface area contributed by atoms with Crippen molar-refractivity contribution in [2.24, 2.45) is 7.05 Å². The Labute approximate surface area is 139 Å². The SMILES string of the molecule is CNCCC(Oc1cccc2c1ccc(=O)n2C)c1cccs1. The van der Waals surface area contributed by atoms with Crippen molar-refractivity contribution in [2.45, 2.75) is 12.5 Å². The van der Waals surface area contributed by atoms with Crippen molar-refractivity contribution >= 4 is 22.2 Å². The predicted octanol–water partition coefficient (Wildman–Crippen LogP) is 3.33. The van der Waals surface area contributed by atoms with Gasteiger partial charge in [0.1, 0.15) is 11.9 Å². The molecule has 0 amide bonds. The molecule has 1 N–H and O–H groups in total. The van der Waals surface area contributed by atoms with Gasteiger partial charge in [-0.3, -0.25) is 4.79 Å². The van der Waals surface area contributed by atoms with Crippen LogP contribution in [-0.4, -0.2) is 18.2 Å². The van der Waals surface area contributed by atoms with Crippen LogP contribution >= 0.6 is 11.3 Å². The zero-order valence-corrected chi connectivity index (χ0v) is 14.1. The van der Waals surface area contributed by atoms with E-state index in [4.69, 9.17) is 4.74 Å². The number of aromatic nitrogens is 1. The Morgan fingerprint density at radius 2 is 2.09 bits per heavy atom. The van der Waals surface area contributed by atoms with E-state index in [2.05, 4.69) is 16.8 Å². The Morgan fingerprint density at radius 1 is 1.22 bits per heavy atom. The molecule has 120 valence electrons. The lowest BCUT2D eigenvalue weighted by atomic mass is 10.1. The number of aryl methyl sites for hydroxylation is 1. The second-order valence-electron chi connectivity index (χ2n) is 5.43. The second kappa shape index (κ2) is 6.98. The summed E-state index contributed by atoms with van der Waals surface area (Å²) < 4.78 is 7.97. The molecular formula is C18H20N2O2S. The molecule has 4 nitrogen and oxygen atoms in total. The lowest BCUT2D eigenvalue weighted by Gasteiger charge is -2.19. The molecule has 2 aromatic heterocycles. The first-order valence-electron chi connectivity index (χ1n) is 7.64. The van der Waals surface area contributed by atoms with Crippen LogP contribution in [0.15, 0.2) is 52.6 Å². The average molecular weight is 328 g/mol. The molecule has 1 atom stereocenters. The number of hydrogen-bond donors (Lipinski definition) is 1. The van der Waals surface area contributed by atoms with Crippen LogP contribution in [0.2, 0.25) is 0 Å². The van der Waals surface area contributed by atoms with Crippen LogP contribution in [0.5, 0.6) is 5.75 Å². The predicted molar refractivity (Wildman–Crippen MR) is 95.4 cm³/mol. The fourth-order valence-corrected chi connectivity index (χ4v) is 3.43. The first kappa shape index (κ1) is 15.8. The van der Waals surface area contributed by atoms with Crippen molar-refractivity contribution in [2.75, 3.05) is 13.6 Å². The van der Waals surface area contributed by atoms with Gasteiger partial charge < -0.3 is 14.6 Å². The molecule has 0 saturated heterocycles. The van der Waals surface area contributed by atoms with Gasteiger partial charge in [0.25, 0.3) is 5.56 Å². The third kappa shape index (κ3) is 3.30. The van der Waals surface area contributed by atoms with Gasteiger partial charge in [0.2, 0.25) is 0 Å². The lowest BCUT2D eigenvalue weighted by Crippen LogP contribution is -2.17. The smallest absolute Gasteiger partial charge is 0.250 e. The van der Waals surface area contributed by atoms with Gasteiger partial charge in [-0.15, -0.1) is 11.3 Å². The Hall–Kier alpha value is -2.11. The molecule has 0 fully saturated rings. The third-order valence-electron chi connectivity index (χ3n) is 3.91. The fraction of sp³-hybridized carbons (Fsp3) is 0.278. The maximum atomic E-state index is 11.8. The number of pyridine rings is 1. The van der Waals surface area contributed by atoms with Gasteiger partial charge in [-0.05, 0) is 43.2 Å². The minimum absolute atomic E-state index is 0.00489. The van der Waals surface area contributed by atoms with Gasteiger partial charge >= 0.3 is 0 Å². The first-order chi connectivity index (χ1) is 11.2. The molecule has 0 saturated carbocycles. The lowest BCUT2D eigenvalue weighted by molar-refractivity contribution is 0.201. The second-order valence-corrected chi connectivity index (χ2v) is 6.41. The molecule has 0 aliphatic carbocycles. The van der Waals surface area contributed by atoms with Crippen molar-refractivity contribution in [1.29, 1.82) is 0 Å². The van der Waals surface area contributed by atoms with Crippen molar-refractivity contribution in [3.63, 3.8) is 0 Å². The summed E-state index contributed by atoms with van der Waals surface area (Å²) in [5, 5.41) is 6.21. The van der Waals surface area contributed by atoms with Crippen LogP contribution in [0.4, 0.5) is 0 Å². The Bertz CT molecular complexity index is 840. The summed E-state index contributed by atoms with van der Waals surface area (Å²) in [5.41, 5.74) is 0.869. The van der Waals surface area contributed by atoms with E-state index in [0.717, 1.165) is 29.6 Å². The van der Waals surface area contributed by atoms with E-state index in [1.165, 1.54) is 4.88 Å². The van der Waals surface area contributed by atoms with Crippen LogP contribution in [0.3, 0.4) is 0 Å². The molecule has 23 heavy (non-hydrogen) atoms. The molecule has 0 aliphatic heterocycles. The summed E-state index contributed by atoms with van der Waals surface area (Å²) in [6, 6.07) is 13.4. The summed E-state index contributed by atoms with van der Waals surface area (Å²) in [6.45, 7) is 0.881. The highest BCUT2D eigenvalue weighted by atomic mass is 32.1. The van der Waals surface area contributed by atoms with Crippen LogP contribution in [0.25, 0.3) is 10.9 Å². The quantitative estimate of drug-likeness (QED) is 0.755. The van der Waals surface area contributed by atoms with E-state index in [0.29, 0.717) is 0 Å². The van der Waals surface area contributed by atoms with Gasteiger partial charge in [-0.2, -0.15) is 0 Å². The molecule has 3 rings (SSSR count). The molecule has 2 heterocycles. The Kier molecular flexibility index (Phi) is 4.79. The number of benzene rings is 1. The number of thiophene rings is 1. The van der Waals surface area contributed by atoms with E-state index >= 15 is 0 Å². The number of nitrogens with zero attached hydrogens (tertiary/aromatic N) is 1. The highest BCUT2D eigenvalue weighted by Gasteiger charge is 2.16. The van der Waals surface area contributed by atoms with Crippen LogP contribution in [-0.2, 0) is 7.05 Å². The molecule has 0 radical (unpaired) electrons. The summed E-state index contributed by atoms with van der Waals surface area (Å²) in [6.07, 6.45) is 0.893. The number of hydrogen-bond acceptors (Lipinski definition) is 4. The van der Waals surface area contributed by atoms with Crippen molar-refractivity contribution < 1.29 is 4.74 Å². The minimum atomic E-state index is -0.0142. The summed E-state index contributed by atoms with van der Waals surface area (Å²) >= 11 is 1.70. The number of ether oxygens (including phenoxy) is 1. The number of fused-ring (bicyclic) bond motifs is 1. The largest absolute Gasteiger partial charge is 0.484 e. The topological polar surface area (TPSA) is 43.3 Å². The molecule has 5 heteroatoms.